The summed E-state index contributed by atoms with van der Waals surface area (Å²) < 4.78 is 21.4. The standard InChI is InChI=1S/C22H40O10/c1-3-5-7-9-11-18(25)31-15(13-29-17(24)10-8-6-4-2)14-30-22-21(28)20(27)19(26)16(12-23)32-22/h15-16,19-23,26-28H,3-14H2,1-2H3/t15-,16-,19+,20+,21-,22-/m1/s1. The third kappa shape index (κ3) is 10.5. The van der Waals surface area contributed by atoms with Gasteiger partial charge in [-0.05, 0) is 12.8 Å². The summed E-state index contributed by atoms with van der Waals surface area (Å²) in [4.78, 5) is 24.1. The van der Waals surface area contributed by atoms with Crippen LogP contribution in [0.2, 0.25) is 0 Å². The number of unbranched alkanes of at least 4 members (excludes halogenated alkanes) is 5. The van der Waals surface area contributed by atoms with Gasteiger partial charge in [0, 0.05) is 12.8 Å². The summed E-state index contributed by atoms with van der Waals surface area (Å²) in [6, 6.07) is 0. The summed E-state index contributed by atoms with van der Waals surface area (Å²) in [6.45, 7) is 3.02. The number of carbonyl (C=O) groups excluding carboxylic acids is 2. The Morgan fingerprint density at radius 2 is 1.47 bits per heavy atom. The van der Waals surface area contributed by atoms with Crippen LogP contribution in [0.4, 0.5) is 0 Å². The smallest absolute Gasteiger partial charge is 0.306 e. The molecule has 188 valence electrons. The molecular weight excluding hydrogens is 424 g/mol. The Morgan fingerprint density at radius 1 is 0.844 bits per heavy atom. The van der Waals surface area contributed by atoms with Crippen molar-refractivity contribution in [3.8, 4) is 0 Å². The van der Waals surface area contributed by atoms with Crippen LogP contribution in [0.5, 0.6) is 0 Å². The molecule has 0 radical (unpaired) electrons. The first-order valence-corrected chi connectivity index (χ1v) is 11.6. The van der Waals surface area contributed by atoms with Crippen LogP contribution in [0.15, 0.2) is 0 Å². The molecule has 0 aromatic carbocycles. The summed E-state index contributed by atoms with van der Waals surface area (Å²) in [5.41, 5.74) is 0. The van der Waals surface area contributed by atoms with Crippen LogP contribution in [0, 0.1) is 0 Å². The lowest BCUT2D eigenvalue weighted by atomic mass is 9.99. The number of rotatable bonds is 16. The van der Waals surface area contributed by atoms with Gasteiger partial charge in [0.05, 0.1) is 13.2 Å². The second-order valence-corrected chi connectivity index (χ2v) is 8.09. The molecule has 0 spiro atoms. The van der Waals surface area contributed by atoms with Crippen molar-refractivity contribution < 1.29 is 49.0 Å². The first-order valence-electron chi connectivity index (χ1n) is 11.6. The van der Waals surface area contributed by atoms with Crippen molar-refractivity contribution in [1.82, 2.24) is 0 Å². The van der Waals surface area contributed by atoms with E-state index in [4.69, 9.17) is 18.9 Å². The second-order valence-electron chi connectivity index (χ2n) is 8.09. The third-order valence-electron chi connectivity index (χ3n) is 5.24. The highest BCUT2D eigenvalue weighted by Gasteiger charge is 2.44. The molecule has 0 amide bonds. The van der Waals surface area contributed by atoms with Crippen LogP contribution >= 0.6 is 0 Å². The molecule has 1 rings (SSSR count). The van der Waals surface area contributed by atoms with Gasteiger partial charge in [0.25, 0.3) is 0 Å². The molecule has 0 aliphatic carbocycles. The fourth-order valence-corrected chi connectivity index (χ4v) is 3.24. The van der Waals surface area contributed by atoms with Crippen LogP contribution < -0.4 is 0 Å². The van der Waals surface area contributed by atoms with E-state index < -0.39 is 55.4 Å². The van der Waals surface area contributed by atoms with Gasteiger partial charge in [0.1, 0.15) is 31.0 Å². The molecule has 0 aromatic rings. The number of aliphatic hydroxyl groups excluding tert-OH is 4. The average molecular weight is 465 g/mol. The van der Waals surface area contributed by atoms with Gasteiger partial charge in [-0.15, -0.1) is 0 Å². The molecule has 4 N–H and O–H groups in total. The number of hydrogen-bond acceptors (Lipinski definition) is 10. The van der Waals surface area contributed by atoms with Crippen LogP contribution in [-0.4, -0.2) is 89.0 Å². The summed E-state index contributed by atoms with van der Waals surface area (Å²) in [5.74, 6) is -0.860. The average Bonchev–Trinajstić information content (AvgIpc) is 2.78. The van der Waals surface area contributed by atoms with E-state index in [2.05, 4.69) is 6.92 Å². The third-order valence-corrected chi connectivity index (χ3v) is 5.24. The zero-order valence-corrected chi connectivity index (χ0v) is 19.2. The maximum absolute atomic E-state index is 12.2. The highest BCUT2D eigenvalue weighted by molar-refractivity contribution is 5.70. The Bertz CT molecular complexity index is 527. The number of aliphatic hydroxyl groups is 4. The topological polar surface area (TPSA) is 152 Å². The molecule has 1 aliphatic rings. The van der Waals surface area contributed by atoms with Crippen molar-refractivity contribution in [2.45, 2.75) is 108 Å². The minimum Gasteiger partial charge on any atom is -0.462 e. The molecule has 6 atom stereocenters. The predicted octanol–water partition coefficient (Wildman–Crippen LogP) is 0.809. The van der Waals surface area contributed by atoms with E-state index in [1.165, 1.54) is 0 Å². The van der Waals surface area contributed by atoms with Crippen molar-refractivity contribution >= 4 is 11.9 Å². The van der Waals surface area contributed by atoms with E-state index in [9.17, 15) is 30.0 Å². The van der Waals surface area contributed by atoms with Crippen molar-refractivity contribution in [2.75, 3.05) is 19.8 Å². The van der Waals surface area contributed by atoms with Crippen LogP contribution in [0.25, 0.3) is 0 Å². The Labute approximate surface area is 189 Å². The van der Waals surface area contributed by atoms with Crippen molar-refractivity contribution in [2.24, 2.45) is 0 Å². The molecule has 10 nitrogen and oxygen atoms in total. The molecule has 10 heteroatoms. The van der Waals surface area contributed by atoms with Crippen molar-refractivity contribution in [1.29, 1.82) is 0 Å². The van der Waals surface area contributed by atoms with E-state index in [1.807, 2.05) is 6.92 Å². The highest BCUT2D eigenvalue weighted by atomic mass is 16.7. The highest BCUT2D eigenvalue weighted by Crippen LogP contribution is 2.22. The van der Waals surface area contributed by atoms with Gasteiger partial charge in [0.15, 0.2) is 12.4 Å². The minimum absolute atomic E-state index is 0.219. The lowest BCUT2D eigenvalue weighted by molar-refractivity contribution is -0.305. The monoisotopic (exact) mass is 464 g/mol. The van der Waals surface area contributed by atoms with E-state index in [0.717, 1.165) is 32.1 Å². The summed E-state index contributed by atoms with van der Waals surface area (Å²) in [7, 11) is 0. The molecule has 1 fully saturated rings. The van der Waals surface area contributed by atoms with E-state index in [0.29, 0.717) is 12.8 Å². The molecular formula is C22H40O10. The maximum Gasteiger partial charge on any atom is 0.306 e. The normalized spacial score (nSPS) is 26.5. The molecule has 1 saturated heterocycles. The van der Waals surface area contributed by atoms with Gasteiger partial charge in [0.2, 0.25) is 0 Å². The van der Waals surface area contributed by atoms with Crippen molar-refractivity contribution in [3.63, 3.8) is 0 Å². The SMILES string of the molecule is CCCCCCC(=O)O[C@H](COC(=O)CCCCC)CO[C@@H]1O[C@H](CO)[C@H](O)[C@H](O)[C@H]1O. The molecule has 32 heavy (non-hydrogen) atoms. The zero-order chi connectivity index (χ0) is 23.9. The molecule has 0 aromatic heterocycles. The van der Waals surface area contributed by atoms with Gasteiger partial charge in [-0.25, -0.2) is 0 Å². The largest absolute Gasteiger partial charge is 0.462 e. The summed E-state index contributed by atoms with van der Waals surface area (Å²) in [5, 5.41) is 39.1. The molecule has 0 saturated carbocycles. The van der Waals surface area contributed by atoms with Gasteiger partial charge in [-0.2, -0.15) is 0 Å². The van der Waals surface area contributed by atoms with E-state index in [-0.39, 0.29) is 26.1 Å². The fraction of sp³-hybridized carbons (Fsp3) is 0.909. The minimum atomic E-state index is -1.58. The summed E-state index contributed by atoms with van der Waals surface area (Å²) in [6.07, 6.45) is -1.35. The quantitative estimate of drug-likeness (QED) is 0.191. The van der Waals surface area contributed by atoms with E-state index >= 15 is 0 Å². The number of carbonyl (C=O) groups is 2. The molecule has 0 bridgehead atoms. The van der Waals surface area contributed by atoms with E-state index in [1.54, 1.807) is 0 Å². The van der Waals surface area contributed by atoms with Crippen molar-refractivity contribution in [3.05, 3.63) is 0 Å². The molecule has 1 aliphatic heterocycles. The molecule has 1 heterocycles. The fourth-order valence-electron chi connectivity index (χ4n) is 3.24. The molecule has 0 unspecified atom stereocenters. The number of ether oxygens (including phenoxy) is 4. The first kappa shape index (κ1) is 28.7. The van der Waals surface area contributed by atoms with Crippen LogP contribution in [-0.2, 0) is 28.5 Å². The first-order chi connectivity index (χ1) is 15.3. The second kappa shape index (κ2) is 16.3. The van der Waals surface area contributed by atoms with Gasteiger partial charge < -0.3 is 39.4 Å². The lowest BCUT2D eigenvalue weighted by Gasteiger charge is -2.39. The van der Waals surface area contributed by atoms with Gasteiger partial charge >= 0.3 is 11.9 Å². The Hall–Kier alpha value is -1.30. The number of hydrogen-bond donors (Lipinski definition) is 4. The Kier molecular flexibility index (Phi) is 14.7. The van der Waals surface area contributed by atoms with Gasteiger partial charge in [-0.1, -0.05) is 46.0 Å². The van der Waals surface area contributed by atoms with Crippen LogP contribution in [0.1, 0.15) is 71.6 Å². The Morgan fingerprint density at radius 3 is 2.12 bits per heavy atom. The lowest BCUT2D eigenvalue weighted by Crippen LogP contribution is -2.59. The Balaban J connectivity index is 2.62. The maximum atomic E-state index is 12.2. The number of esters is 2. The van der Waals surface area contributed by atoms with Crippen LogP contribution in [0.3, 0.4) is 0 Å². The zero-order valence-electron chi connectivity index (χ0n) is 19.2. The van der Waals surface area contributed by atoms with Gasteiger partial charge in [-0.3, -0.25) is 9.59 Å². The predicted molar refractivity (Wildman–Crippen MR) is 113 cm³/mol. The summed E-state index contributed by atoms with van der Waals surface area (Å²) >= 11 is 0.